The van der Waals surface area contributed by atoms with Crippen molar-refractivity contribution in [2.24, 2.45) is 0 Å². The Morgan fingerprint density at radius 1 is 1.35 bits per heavy atom. The van der Waals surface area contributed by atoms with Crippen LogP contribution in [0.15, 0.2) is 18.2 Å². The van der Waals surface area contributed by atoms with Gasteiger partial charge in [0.1, 0.15) is 5.75 Å². The van der Waals surface area contributed by atoms with Crippen LogP contribution in [0.25, 0.3) is 0 Å². The Balaban J connectivity index is 2.00. The molecule has 0 aromatic heterocycles. The van der Waals surface area contributed by atoms with Gasteiger partial charge in [0.15, 0.2) is 0 Å². The van der Waals surface area contributed by atoms with Crippen molar-refractivity contribution in [2.75, 3.05) is 33.9 Å². The zero-order chi connectivity index (χ0) is 14.6. The highest BCUT2D eigenvalue weighted by Crippen LogP contribution is 2.24. The molecule has 0 bridgehead atoms. The average Bonchev–Trinajstić information content (AvgIpc) is 2.39. The number of nitrogens with zero attached hydrogens (tertiary/aromatic N) is 1. The number of likely N-dealkylation sites (N-methyl/N-ethyl adjacent to an activating group) is 1. The van der Waals surface area contributed by atoms with E-state index in [1.54, 1.807) is 7.11 Å². The molecule has 0 amide bonds. The minimum atomic E-state index is -0.621. The van der Waals surface area contributed by atoms with Gasteiger partial charge in [0.2, 0.25) is 0 Å². The number of ether oxygens (including phenoxy) is 2. The largest absolute Gasteiger partial charge is 0.496 e. The Kier molecular flexibility index (Phi) is 5.02. The predicted molar refractivity (Wildman–Crippen MR) is 79.1 cm³/mol. The first-order chi connectivity index (χ1) is 9.52. The van der Waals surface area contributed by atoms with Crippen LogP contribution in [0.2, 0.25) is 0 Å². The number of hydrogen-bond acceptors (Lipinski definition) is 4. The third-order valence-electron chi connectivity index (χ3n) is 3.86. The zero-order valence-corrected chi connectivity index (χ0v) is 12.7. The van der Waals surface area contributed by atoms with E-state index >= 15 is 0 Å². The summed E-state index contributed by atoms with van der Waals surface area (Å²) in [5.41, 5.74) is 1.76. The van der Waals surface area contributed by atoms with Crippen molar-refractivity contribution in [1.82, 2.24) is 4.90 Å². The van der Waals surface area contributed by atoms with Crippen LogP contribution in [-0.2, 0) is 11.3 Å². The fourth-order valence-corrected chi connectivity index (χ4v) is 2.79. The van der Waals surface area contributed by atoms with E-state index in [1.807, 2.05) is 19.2 Å². The number of methoxy groups -OCH3 is 1. The maximum Gasteiger partial charge on any atom is 0.123 e. The monoisotopic (exact) mass is 279 g/mol. The molecular weight excluding hydrogens is 254 g/mol. The van der Waals surface area contributed by atoms with Crippen LogP contribution in [0.3, 0.4) is 0 Å². The maximum absolute atomic E-state index is 10.5. The standard InChI is InChI=1S/C16H25NO3/c1-13-4-5-15(19-3)14(10-13)11-17(2)12-16(18)6-8-20-9-7-16/h4-5,10,18H,6-9,11-12H2,1-3H3. The van der Waals surface area contributed by atoms with Crippen molar-refractivity contribution in [2.45, 2.75) is 31.9 Å². The molecule has 0 saturated carbocycles. The summed E-state index contributed by atoms with van der Waals surface area (Å²) in [7, 11) is 3.73. The summed E-state index contributed by atoms with van der Waals surface area (Å²) in [5, 5.41) is 10.5. The molecule has 112 valence electrons. The van der Waals surface area contributed by atoms with Gasteiger partial charge in [-0.05, 0) is 20.0 Å². The van der Waals surface area contributed by atoms with Crippen LogP contribution >= 0.6 is 0 Å². The molecule has 20 heavy (non-hydrogen) atoms. The van der Waals surface area contributed by atoms with Crippen molar-refractivity contribution >= 4 is 0 Å². The highest BCUT2D eigenvalue weighted by atomic mass is 16.5. The maximum atomic E-state index is 10.5. The highest BCUT2D eigenvalue weighted by Gasteiger charge is 2.31. The molecule has 0 radical (unpaired) electrons. The van der Waals surface area contributed by atoms with Crippen LogP contribution in [-0.4, -0.2) is 49.5 Å². The number of benzene rings is 1. The fraction of sp³-hybridized carbons (Fsp3) is 0.625. The van der Waals surface area contributed by atoms with Crippen LogP contribution < -0.4 is 4.74 Å². The first kappa shape index (κ1) is 15.3. The summed E-state index contributed by atoms with van der Waals surface area (Å²) < 4.78 is 10.7. The van der Waals surface area contributed by atoms with E-state index < -0.39 is 5.60 Å². The van der Waals surface area contributed by atoms with Gasteiger partial charge in [0, 0.05) is 44.7 Å². The van der Waals surface area contributed by atoms with E-state index in [0.717, 1.165) is 17.9 Å². The van der Waals surface area contributed by atoms with E-state index in [0.29, 0.717) is 32.6 Å². The third kappa shape index (κ3) is 3.95. The molecule has 1 aromatic carbocycles. The SMILES string of the molecule is COc1ccc(C)cc1CN(C)CC1(O)CCOCC1. The topological polar surface area (TPSA) is 41.9 Å². The van der Waals surface area contributed by atoms with E-state index in [4.69, 9.17) is 9.47 Å². The van der Waals surface area contributed by atoms with Gasteiger partial charge < -0.3 is 14.6 Å². The first-order valence-corrected chi connectivity index (χ1v) is 7.15. The van der Waals surface area contributed by atoms with Crippen molar-refractivity contribution < 1.29 is 14.6 Å². The lowest BCUT2D eigenvalue weighted by Gasteiger charge is -2.35. The number of rotatable bonds is 5. The van der Waals surface area contributed by atoms with Gasteiger partial charge in [-0.15, -0.1) is 0 Å². The summed E-state index contributed by atoms with van der Waals surface area (Å²) in [6, 6.07) is 6.19. The molecule has 1 fully saturated rings. The highest BCUT2D eigenvalue weighted by molar-refractivity contribution is 5.36. The first-order valence-electron chi connectivity index (χ1n) is 7.15. The summed E-state index contributed by atoms with van der Waals surface area (Å²) in [5.74, 6) is 0.904. The van der Waals surface area contributed by atoms with Gasteiger partial charge >= 0.3 is 0 Å². The molecule has 1 N–H and O–H groups in total. The molecular formula is C16H25NO3. The molecule has 0 aliphatic carbocycles. The Hall–Kier alpha value is -1.10. The molecule has 0 unspecified atom stereocenters. The Morgan fingerprint density at radius 3 is 2.70 bits per heavy atom. The zero-order valence-electron chi connectivity index (χ0n) is 12.7. The normalized spacial score (nSPS) is 18.2. The minimum absolute atomic E-state index is 0.621. The smallest absolute Gasteiger partial charge is 0.123 e. The Morgan fingerprint density at radius 2 is 2.05 bits per heavy atom. The minimum Gasteiger partial charge on any atom is -0.496 e. The molecule has 0 atom stereocenters. The van der Waals surface area contributed by atoms with Crippen molar-refractivity contribution in [3.63, 3.8) is 0 Å². The number of aryl methyl sites for hydroxylation is 1. The second-order valence-electron chi connectivity index (χ2n) is 5.82. The lowest BCUT2D eigenvalue weighted by atomic mass is 9.94. The second kappa shape index (κ2) is 6.57. The Bertz CT molecular complexity index is 441. The van der Waals surface area contributed by atoms with E-state index in [-0.39, 0.29) is 0 Å². The number of aliphatic hydroxyl groups is 1. The van der Waals surface area contributed by atoms with Gasteiger partial charge in [0.25, 0.3) is 0 Å². The number of hydrogen-bond donors (Lipinski definition) is 1. The fourth-order valence-electron chi connectivity index (χ4n) is 2.79. The predicted octanol–water partition coefficient (Wildman–Crippen LogP) is 1.98. The third-order valence-corrected chi connectivity index (χ3v) is 3.86. The van der Waals surface area contributed by atoms with Gasteiger partial charge in [-0.25, -0.2) is 0 Å². The van der Waals surface area contributed by atoms with Gasteiger partial charge in [-0.1, -0.05) is 17.7 Å². The van der Waals surface area contributed by atoms with Crippen molar-refractivity contribution in [3.8, 4) is 5.75 Å². The summed E-state index contributed by atoms with van der Waals surface area (Å²) in [6.07, 6.45) is 1.42. The molecule has 4 heteroatoms. The van der Waals surface area contributed by atoms with Crippen LogP contribution in [0.5, 0.6) is 5.75 Å². The van der Waals surface area contributed by atoms with Crippen LogP contribution in [0.1, 0.15) is 24.0 Å². The molecule has 1 aliphatic heterocycles. The van der Waals surface area contributed by atoms with Crippen molar-refractivity contribution in [3.05, 3.63) is 29.3 Å². The lowest BCUT2D eigenvalue weighted by molar-refractivity contribution is -0.0777. The van der Waals surface area contributed by atoms with Gasteiger partial charge in [-0.3, -0.25) is 4.90 Å². The van der Waals surface area contributed by atoms with E-state index in [2.05, 4.69) is 17.9 Å². The van der Waals surface area contributed by atoms with Gasteiger partial charge in [0.05, 0.1) is 12.7 Å². The molecule has 2 rings (SSSR count). The average molecular weight is 279 g/mol. The second-order valence-corrected chi connectivity index (χ2v) is 5.82. The van der Waals surface area contributed by atoms with Crippen LogP contribution in [0.4, 0.5) is 0 Å². The van der Waals surface area contributed by atoms with Crippen LogP contribution in [0, 0.1) is 6.92 Å². The van der Waals surface area contributed by atoms with E-state index in [1.165, 1.54) is 5.56 Å². The van der Waals surface area contributed by atoms with Crippen molar-refractivity contribution in [1.29, 1.82) is 0 Å². The summed E-state index contributed by atoms with van der Waals surface area (Å²) in [4.78, 5) is 2.16. The Labute approximate surface area is 121 Å². The summed E-state index contributed by atoms with van der Waals surface area (Å²) in [6.45, 7) is 4.81. The summed E-state index contributed by atoms with van der Waals surface area (Å²) >= 11 is 0. The quantitative estimate of drug-likeness (QED) is 0.895. The van der Waals surface area contributed by atoms with E-state index in [9.17, 15) is 5.11 Å². The molecule has 1 aromatic rings. The van der Waals surface area contributed by atoms with Gasteiger partial charge in [-0.2, -0.15) is 0 Å². The molecule has 4 nitrogen and oxygen atoms in total. The molecule has 1 aliphatic rings. The lowest BCUT2D eigenvalue weighted by Crippen LogP contribution is -2.45. The molecule has 0 spiro atoms. The molecule has 1 heterocycles. The molecule has 1 saturated heterocycles.